The maximum absolute atomic E-state index is 12.3. The molecule has 4 fully saturated rings. The van der Waals surface area contributed by atoms with Gasteiger partial charge in [-0.3, -0.25) is 9.59 Å². The second kappa shape index (κ2) is 7.71. The fourth-order valence-electron chi connectivity index (χ4n) is 6.31. The first-order valence-corrected chi connectivity index (χ1v) is 11.5. The fourth-order valence-corrected chi connectivity index (χ4v) is 6.31. The molecule has 4 rings (SSSR count). The average molecular weight is 391 g/mol. The number of Topliss-reactive ketones (excluding diaryl/α,β-unsaturated/α-hetero) is 1. The number of nitrogens with zero attached hydrogens (tertiary/aromatic N) is 2. The molecule has 0 unspecified atom stereocenters. The molecule has 1 amide bonds. The predicted octanol–water partition coefficient (Wildman–Crippen LogP) is 3.26. The number of likely N-dealkylation sites (tertiary alicyclic amines) is 1. The highest BCUT2D eigenvalue weighted by Gasteiger charge is 2.50. The first-order chi connectivity index (χ1) is 13.3. The number of carbonyl (C=O) groups excluding carboxylic acids is 2. The van der Waals surface area contributed by atoms with Crippen molar-refractivity contribution in [3.8, 4) is 0 Å². The zero-order valence-electron chi connectivity index (χ0n) is 18.0. The van der Waals surface area contributed by atoms with Crippen molar-refractivity contribution in [2.75, 3.05) is 32.8 Å². The van der Waals surface area contributed by atoms with Crippen LogP contribution in [0.15, 0.2) is 0 Å². The van der Waals surface area contributed by atoms with Crippen molar-refractivity contribution < 1.29 is 14.3 Å². The normalized spacial score (nSPS) is 35.9. The molecule has 0 atom stereocenters. The summed E-state index contributed by atoms with van der Waals surface area (Å²) >= 11 is 0. The molecule has 0 aromatic rings. The third kappa shape index (κ3) is 3.89. The van der Waals surface area contributed by atoms with Gasteiger partial charge in [-0.1, -0.05) is 13.8 Å². The molecule has 5 nitrogen and oxygen atoms in total. The lowest BCUT2D eigenvalue weighted by atomic mass is 9.56. The van der Waals surface area contributed by atoms with Crippen LogP contribution < -0.4 is 0 Å². The Balaban J connectivity index is 1.24. The minimum atomic E-state index is -0.100. The Kier molecular flexibility index (Phi) is 5.60. The number of hydrogen-bond acceptors (Lipinski definition) is 4. The third-order valence-electron chi connectivity index (χ3n) is 8.27. The minimum absolute atomic E-state index is 0.100. The Bertz CT molecular complexity index is 593. The molecule has 0 radical (unpaired) electrons. The number of amides is 1. The molecular formula is C23H38N2O3. The van der Waals surface area contributed by atoms with Crippen molar-refractivity contribution in [3.05, 3.63) is 0 Å². The second-order valence-corrected chi connectivity index (χ2v) is 10.4. The van der Waals surface area contributed by atoms with Gasteiger partial charge in [-0.05, 0) is 56.8 Å². The summed E-state index contributed by atoms with van der Waals surface area (Å²) in [5, 5.41) is 0. The topological polar surface area (TPSA) is 49.9 Å². The Hall–Kier alpha value is -0.940. The van der Waals surface area contributed by atoms with Gasteiger partial charge in [0.05, 0.1) is 12.2 Å². The highest BCUT2D eigenvalue weighted by molar-refractivity contribution is 5.82. The number of ether oxygens (including phenoxy) is 1. The Morgan fingerprint density at radius 2 is 1.64 bits per heavy atom. The number of carbonyl (C=O) groups is 2. The van der Waals surface area contributed by atoms with Gasteiger partial charge in [-0.15, -0.1) is 0 Å². The van der Waals surface area contributed by atoms with Crippen LogP contribution in [0.3, 0.4) is 0 Å². The average Bonchev–Trinajstić information content (AvgIpc) is 2.66. The monoisotopic (exact) mass is 390 g/mol. The standard InChI is InChI=1S/C23H38N2O3/c1-17(2)21(27)19-4-6-22(7-5-19)14-20(15-22)24-10-8-23(9-11-24)16-25(18(3)26)12-13-28-23/h17,19-20H,4-16H2,1-3H3. The van der Waals surface area contributed by atoms with Crippen molar-refractivity contribution in [1.29, 1.82) is 0 Å². The van der Waals surface area contributed by atoms with Crippen LogP contribution in [0.2, 0.25) is 0 Å². The van der Waals surface area contributed by atoms with E-state index in [1.54, 1.807) is 6.92 Å². The van der Waals surface area contributed by atoms with Gasteiger partial charge in [0.15, 0.2) is 0 Å². The van der Waals surface area contributed by atoms with E-state index in [-0.39, 0.29) is 17.4 Å². The highest BCUT2D eigenvalue weighted by atomic mass is 16.5. The van der Waals surface area contributed by atoms with Gasteiger partial charge < -0.3 is 14.5 Å². The molecule has 0 N–H and O–H groups in total. The summed E-state index contributed by atoms with van der Waals surface area (Å²) in [7, 11) is 0. The molecule has 158 valence electrons. The van der Waals surface area contributed by atoms with Crippen LogP contribution in [0.25, 0.3) is 0 Å². The van der Waals surface area contributed by atoms with Gasteiger partial charge in [0.2, 0.25) is 5.91 Å². The van der Waals surface area contributed by atoms with Crippen molar-refractivity contribution in [2.24, 2.45) is 17.3 Å². The second-order valence-electron chi connectivity index (χ2n) is 10.4. The van der Waals surface area contributed by atoms with E-state index in [9.17, 15) is 9.59 Å². The Morgan fingerprint density at radius 1 is 1.00 bits per heavy atom. The SMILES string of the molecule is CC(=O)N1CCOC2(CCN(C3CC4(CCC(C(=O)C(C)C)CC4)C3)CC2)C1. The van der Waals surface area contributed by atoms with Gasteiger partial charge in [-0.25, -0.2) is 0 Å². The van der Waals surface area contributed by atoms with Crippen LogP contribution in [0.1, 0.15) is 72.1 Å². The summed E-state index contributed by atoms with van der Waals surface area (Å²) in [4.78, 5) is 28.7. The van der Waals surface area contributed by atoms with Crippen LogP contribution in [-0.2, 0) is 14.3 Å². The van der Waals surface area contributed by atoms with Gasteiger partial charge in [0.1, 0.15) is 5.78 Å². The summed E-state index contributed by atoms with van der Waals surface area (Å²) in [5.41, 5.74) is 0.428. The van der Waals surface area contributed by atoms with Crippen LogP contribution >= 0.6 is 0 Å². The number of hydrogen-bond donors (Lipinski definition) is 0. The number of piperidine rings is 1. The van der Waals surface area contributed by atoms with Crippen LogP contribution in [0.4, 0.5) is 0 Å². The fraction of sp³-hybridized carbons (Fsp3) is 0.913. The first kappa shape index (κ1) is 20.3. The maximum Gasteiger partial charge on any atom is 0.219 e. The van der Waals surface area contributed by atoms with E-state index >= 15 is 0 Å². The lowest BCUT2D eigenvalue weighted by Gasteiger charge is -2.57. The molecule has 2 aliphatic heterocycles. The lowest BCUT2D eigenvalue weighted by molar-refractivity contribution is -0.163. The Labute approximate surface area is 170 Å². The molecule has 4 aliphatic rings. The van der Waals surface area contributed by atoms with Crippen molar-refractivity contribution in [3.63, 3.8) is 0 Å². The van der Waals surface area contributed by atoms with Crippen LogP contribution in [0.5, 0.6) is 0 Å². The molecule has 2 saturated heterocycles. The maximum atomic E-state index is 12.3. The van der Waals surface area contributed by atoms with Crippen molar-refractivity contribution in [2.45, 2.75) is 83.8 Å². The highest BCUT2D eigenvalue weighted by Crippen LogP contribution is 2.55. The molecule has 28 heavy (non-hydrogen) atoms. The van der Waals surface area contributed by atoms with E-state index in [1.165, 1.54) is 25.7 Å². The number of rotatable bonds is 3. The minimum Gasteiger partial charge on any atom is -0.371 e. The zero-order valence-corrected chi connectivity index (χ0v) is 18.0. The molecule has 2 aliphatic carbocycles. The Morgan fingerprint density at radius 3 is 2.21 bits per heavy atom. The largest absolute Gasteiger partial charge is 0.371 e. The van der Waals surface area contributed by atoms with E-state index in [4.69, 9.17) is 4.74 Å². The van der Waals surface area contributed by atoms with Crippen LogP contribution in [-0.4, -0.2) is 65.9 Å². The molecule has 0 bridgehead atoms. The van der Waals surface area contributed by atoms with Gasteiger partial charge in [0.25, 0.3) is 0 Å². The quantitative estimate of drug-likeness (QED) is 0.742. The van der Waals surface area contributed by atoms with Gasteiger partial charge >= 0.3 is 0 Å². The zero-order chi connectivity index (χ0) is 19.9. The number of morpholine rings is 1. The van der Waals surface area contributed by atoms with E-state index in [0.717, 1.165) is 57.9 Å². The van der Waals surface area contributed by atoms with Gasteiger partial charge in [-0.2, -0.15) is 0 Å². The van der Waals surface area contributed by atoms with Crippen LogP contribution in [0, 0.1) is 17.3 Å². The van der Waals surface area contributed by atoms with Gasteiger partial charge in [0, 0.05) is 51.0 Å². The van der Waals surface area contributed by atoms with E-state index in [0.29, 0.717) is 23.7 Å². The van der Waals surface area contributed by atoms with E-state index in [1.807, 2.05) is 18.7 Å². The lowest BCUT2D eigenvalue weighted by Crippen LogP contribution is -2.61. The van der Waals surface area contributed by atoms with E-state index < -0.39 is 0 Å². The van der Waals surface area contributed by atoms with E-state index in [2.05, 4.69) is 4.90 Å². The molecule has 2 saturated carbocycles. The molecule has 0 aromatic heterocycles. The molecule has 2 heterocycles. The number of ketones is 1. The molecular weight excluding hydrogens is 352 g/mol. The molecule has 2 spiro atoms. The third-order valence-corrected chi connectivity index (χ3v) is 8.27. The summed E-state index contributed by atoms with van der Waals surface area (Å²) in [6.45, 7) is 10.2. The first-order valence-electron chi connectivity index (χ1n) is 11.5. The summed E-state index contributed by atoms with van der Waals surface area (Å²) in [6, 6.07) is 0.724. The summed E-state index contributed by atoms with van der Waals surface area (Å²) < 4.78 is 6.18. The molecule has 5 heteroatoms. The molecule has 0 aromatic carbocycles. The van der Waals surface area contributed by atoms with Crippen molar-refractivity contribution >= 4 is 11.7 Å². The predicted molar refractivity (Wildman–Crippen MR) is 109 cm³/mol. The summed E-state index contributed by atoms with van der Waals surface area (Å²) in [6.07, 6.45) is 9.47. The van der Waals surface area contributed by atoms with Crippen molar-refractivity contribution in [1.82, 2.24) is 9.80 Å². The smallest absolute Gasteiger partial charge is 0.219 e. The summed E-state index contributed by atoms with van der Waals surface area (Å²) in [5.74, 6) is 1.18.